The molecule has 0 saturated heterocycles. The van der Waals surface area contributed by atoms with Crippen LogP contribution in [0.4, 0.5) is 5.69 Å². The van der Waals surface area contributed by atoms with E-state index in [1.807, 2.05) is 6.92 Å². The van der Waals surface area contributed by atoms with Crippen LogP contribution in [0.15, 0.2) is 36.7 Å². The van der Waals surface area contributed by atoms with Crippen molar-refractivity contribution in [1.82, 2.24) is 4.98 Å². The minimum Gasteiger partial charge on any atom is -0.508 e. The molecule has 4 nitrogen and oxygen atoms in total. The number of nitrogens with one attached hydrogen (secondary N) is 1. The first-order valence-corrected chi connectivity index (χ1v) is 5.83. The van der Waals surface area contributed by atoms with Gasteiger partial charge in [0.1, 0.15) is 11.5 Å². The molecule has 0 saturated carbocycles. The Hall–Kier alpha value is -1.94. The van der Waals surface area contributed by atoms with Crippen LogP contribution in [0.2, 0.25) is 5.02 Å². The summed E-state index contributed by atoms with van der Waals surface area (Å²) in [6, 6.07) is 6.03. The highest BCUT2D eigenvalue weighted by Crippen LogP contribution is 2.29. The molecule has 0 aliphatic carbocycles. The van der Waals surface area contributed by atoms with Gasteiger partial charge in [-0.2, -0.15) is 0 Å². The molecular weight excluding hydrogens is 252 g/mol. The summed E-state index contributed by atoms with van der Waals surface area (Å²) in [7, 11) is 0. The lowest BCUT2D eigenvalue weighted by Gasteiger charge is -2.16. The van der Waals surface area contributed by atoms with Gasteiger partial charge in [0, 0.05) is 18.3 Å². The number of phenols is 2. The summed E-state index contributed by atoms with van der Waals surface area (Å²) >= 11 is 6.02. The second-order valence-corrected chi connectivity index (χ2v) is 4.41. The molecule has 5 heteroatoms. The third-order valence-electron chi connectivity index (χ3n) is 2.56. The summed E-state index contributed by atoms with van der Waals surface area (Å²) in [5, 5.41) is 22.6. The molecule has 2 aromatic rings. The molecule has 0 spiro atoms. The summed E-state index contributed by atoms with van der Waals surface area (Å²) in [5.74, 6) is 0.0480. The summed E-state index contributed by atoms with van der Waals surface area (Å²) in [6.07, 6.45) is 3.24. The second kappa shape index (κ2) is 5.14. The number of rotatable bonds is 3. The molecule has 2 rings (SSSR count). The van der Waals surface area contributed by atoms with Crippen molar-refractivity contribution in [3.63, 3.8) is 0 Å². The number of hydrogen-bond acceptors (Lipinski definition) is 4. The average Bonchev–Trinajstić information content (AvgIpc) is 2.31. The van der Waals surface area contributed by atoms with Crippen LogP contribution in [-0.4, -0.2) is 15.2 Å². The van der Waals surface area contributed by atoms with Gasteiger partial charge in [-0.25, -0.2) is 0 Å². The average molecular weight is 265 g/mol. The number of pyridine rings is 1. The van der Waals surface area contributed by atoms with Crippen molar-refractivity contribution in [3.8, 4) is 11.5 Å². The van der Waals surface area contributed by atoms with E-state index in [-0.39, 0.29) is 17.5 Å². The number of benzene rings is 1. The van der Waals surface area contributed by atoms with E-state index in [9.17, 15) is 10.2 Å². The van der Waals surface area contributed by atoms with E-state index in [1.165, 1.54) is 6.07 Å². The normalized spacial score (nSPS) is 12.1. The highest BCUT2D eigenvalue weighted by Gasteiger charge is 2.09. The lowest BCUT2D eigenvalue weighted by Crippen LogP contribution is -2.07. The van der Waals surface area contributed by atoms with Gasteiger partial charge >= 0.3 is 0 Å². The highest BCUT2D eigenvalue weighted by atomic mass is 35.5. The number of aromatic hydroxyl groups is 2. The fourth-order valence-electron chi connectivity index (χ4n) is 1.67. The molecule has 3 N–H and O–H groups in total. The van der Waals surface area contributed by atoms with Gasteiger partial charge in [-0.3, -0.25) is 4.98 Å². The molecule has 0 aliphatic rings. The first-order valence-electron chi connectivity index (χ1n) is 5.45. The Morgan fingerprint density at radius 2 is 1.89 bits per heavy atom. The molecule has 1 unspecified atom stereocenters. The lowest BCUT2D eigenvalue weighted by molar-refractivity contribution is 0.448. The molecule has 0 radical (unpaired) electrons. The van der Waals surface area contributed by atoms with Gasteiger partial charge in [0.15, 0.2) is 0 Å². The first-order chi connectivity index (χ1) is 8.56. The largest absolute Gasteiger partial charge is 0.508 e. The van der Waals surface area contributed by atoms with Crippen molar-refractivity contribution in [2.24, 2.45) is 0 Å². The van der Waals surface area contributed by atoms with Crippen LogP contribution in [0.5, 0.6) is 11.5 Å². The molecule has 0 amide bonds. The smallest absolute Gasteiger partial charge is 0.119 e. The number of phenolic OH excluding ortho intramolecular Hbond substituents is 2. The quantitative estimate of drug-likeness (QED) is 0.796. The van der Waals surface area contributed by atoms with E-state index >= 15 is 0 Å². The van der Waals surface area contributed by atoms with Crippen molar-refractivity contribution in [1.29, 1.82) is 0 Å². The van der Waals surface area contributed by atoms with Gasteiger partial charge < -0.3 is 15.5 Å². The van der Waals surface area contributed by atoms with Crippen LogP contribution in [0.3, 0.4) is 0 Å². The van der Waals surface area contributed by atoms with E-state index in [2.05, 4.69) is 10.3 Å². The molecule has 1 atom stereocenters. The van der Waals surface area contributed by atoms with Crippen molar-refractivity contribution < 1.29 is 10.2 Å². The van der Waals surface area contributed by atoms with Gasteiger partial charge in [-0.1, -0.05) is 11.6 Å². The van der Waals surface area contributed by atoms with Crippen LogP contribution < -0.4 is 5.32 Å². The Labute approximate surface area is 110 Å². The Kier molecular flexibility index (Phi) is 3.58. The van der Waals surface area contributed by atoms with E-state index in [0.717, 1.165) is 5.56 Å². The molecule has 0 aliphatic heterocycles. The van der Waals surface area contributed by atoms with Crippen molar-refractivity contribution in [3.05, 3.63) is 47.2 Å². The number of hydrogen-bond donors (Lipinski definition) is 3. The Bertz CT molecular complexity index is 540. The summed E-state index contributed by atoms with van der Waals surface area (Å²) in [5.41, 5.74) is 1.46. The molecule has 94 valence electrons. The number of halogens is 1. The third-order valence-corrected chi connectivity index (χ3v) is 2.89. The molecule has 1 heterocycles. The maximum Gasteiger partial charge on any atom is 0.119 e. The zero-order valence-electron chi connectivity index (χ0n) is 9.76. The van der Waals surface area contributed by atoms with Gasteiger partial charge in [0.2, 0.25) is 0 Å². The Morgan fingerprint density at radius 3 is 2.50 bits per heavy atom. The standard InChI is InChI=1S/C13H13ClN2O2/c1-8(9-4-10(17)6-11(18)5-9)16-13-7-15-3-2-12(13)14/h2-8,16-18H,1H3. The van der Waals surface area contributed by atoms with E-state index in [0.29, 0.717) is 10.7 Å². The highest BCUT2D eigenvalue weighted by molar-refractivity contribution is 6.33. The van der Waals surface area contributed by atoms with Crippen LogP contribution in [0.1, 0.15) is 18.5 Å². The van der Waals surface area contributed by atoms with Crippen molar-refractivity contribution >= 4 is 17.3 Å². The lowest BCUT2D eigenvalue weighted by atomic mass is 10.1. The molecule has 0 fully saturated rings. The van der Waals surface area contributed by atoms with Gasteiger partial charge in [-0.05, 0) is 30.7 Å². The maximum absolute atomic E-state index is 9.44. The minimum atomic E-state index is -0.121. The molecule has 1 aromatic carbocycles. The Morgan fingerprint density at radius 1 is 1.22 bits per heavy atom. The van der Waals surface area contributed by atoms with Crippen molar-refractivity contribution in [2.75, 3.05) is 5.32 Å². The number of aromatic nitrogens is 1. The summed E-state index contributed by atoms with van der Waals surface area (Å²) in [6.45, 7) is 1.90. The summed E-state index contributed by atoms with van der Waals surface area (Å²) in [4.78, 5) is 3.98. The maximum atomic E-state index is 9.44. The molecule has 18 heavy (non-hydrogen) atoms. The molecular formula is C13H13ClN2O2. The topological polar surface area (TPSA) is 65.4 Å². The third kappa shape index (κ3) is 2.84. The van der Waals surface area contributed by atoms with Crippen LogP contribution in [-0.2, 0) is 0 Å². The minimum absolute atomic E-state index is 0.0240. The molecule has 1 aromatic heterocycles. The zero-order valence-corrected chi connectivity index (χ0v) is 10.5. The predicted octanol–water partition coefficient (Wildman–Crippen LogP) is 3.32. The van der Waals surface area contributed by atoms with Gasteiger partial charge in [0.25, 0.3) is 0 Å². The molecule has 0 bridgehead atoms. The number of nitrogens with zero attached hydrogens (tertiary/aromatic N) is 1. The van der Waals surface area contributed by atoms with Gasteiger partial charge in [0.05, 0.1) is 16.9 Å². The van der Waals surface area contributed by atoms with Crippen LogP contribution in [0, 0.1) is 0 Å². The number of anilines is 1. The SMILES string of the molecule is CC(Nc1cnccc1Cl)c1cc(O)cc(O)c1. The zero-order chi connectivity index (χ0) is 13.1. The van der Waals surface area contributed by atoms with Gasteiger partial charge in [-0.15, -0.1) is 0 Å². The van der Waals surface area contributed by atoms with Crippen molar-refractivity contribution in [2.45, 2.75) is 13.0 Å². The van der Waals surface area contributed by atoms with E-state index in [4.69, 9.17) is 11.6 Å². The van der Waals surface area contributed by atoms with Crippen LogP contribution in [0.25, 0.3) is 0 Å². The van der Waals surface area contributed by atoms with Crippen LogP contribution >= 0.6 is 11.6 Å². The monoisotopic (exact) mass is 264 g/mol. The fourth-order valence-corrected chi connectivity index (χ4v) is 1.83. The first kappa shape index (κ1) is 12.5. The van der Waals surface area contributed by atoms with E-state index in [1.54, 1.807) is 30.6 Å². The second-order valence-electron chi connectivity index (χ2n) is 4.00. The fraction of sp³-hybridized carbons (Fsp3) is 0.154. The Balaban J connectivity index is 2.22. The summed E-state index contributed by atoms with van der Waals surface area (Å²) < 4.78 is 0. The van der Waals surface area contributed by atoms with E-state index < -0.39 is 0 Å². The predicted molar refractivity (Wildman–Crippen MR) is 71.1 cm³/mol.